The van der Waals surface area contributed by atoms with Gasteiger partial charge in [-0.05, 0) is 39.6 Å². The molecule has 0 saturated heterocycles. The van der Waals surface area contributed by atoms with Gasteiger partial charge in [-0.15, -0.1) is 11.8 Å². The summed E-state index contributed by atoms with van der Waals surface area (Å²) < 4.78 is 5.71. The van der Waals surface area contributed by atoms with Crippen LogP contribution in [0.4, 0.5) is 0 Å². The van der Waals surface area contributed by atoms with Crippen LogP contribution in [0.3, 0.4) is 0 Å². The second kappa shape index (κ2) is 7.09. The van der Waals surface area contributed by atoms with Crippen molar-refractivity contribution in [3.05, 3.63) is 23.7 Å². The van der Waals surface area contributed by atoms with Gasteiger partial charge in [0.15, 0.2) is 0 Å². The molecule has 1 rings (SSSR count). The minimum absolute atomic E-state index is 0.160. The molecule has 1 aromatic rings. The van der Waals surface area contributed by atoms with Crippen molar-refractivity contribution in [2.45, 2.75) is 31.6 Å². The molecule has 4 heteroatoms. The average Bonchev–Trinajstić information content (AvgIpc) is 2.69. The maximum absolute atomic E-state index is 6.18. The van der Waals surface area contributed by atoms with E-state index in [0.717, 1.165) is 30.2 Å². The normalized spacial score (nSPS) is 15.2. The van der Waals surface area contributed by atoms with Crippen molar-refractivity contribution < 1.29 is 4.42 Å². The SMILES string of the molecule is CCC(N)C(SCCN(C)C)c1ccc(C)o1. The highest BCUT2D eigenvalue weighted by molar-refractivity contribution is 7.99. The molecular formula is C13H24N2OS. The first-order valence-electron chi connectivity index (χ1n) is 6.12. The number of hydrogen-bond acceptors (Lipinski definition) is 4. The number of aryl methyl sites for hydroxylation is 1. The monoisotopic (exact) mass is 256 g/mol. The van der Waals surface area contributed by atoms with Gasteiger partial charge < -0.3 is 15.1 Å². The lowest BCUT2D eigenvalue weighted by molar-refractivity contribution is 0.434. The first-order chi connectivity index (χ1) is 8.04. The van der Waals surface area contributed by atoms with Crippen LogP contribution in [0.25, 0.3) is 0 Å². The summed E-state index contributed by atoms with van der Waals surface area (Å²) in [5.41, 5.74) is 6.18. The Morgan fingerprint density at radius 1 is 1.41 bits per heavy atom. The molecule has 0 saturated carbocycles. The summed E-state index contributed by atoms with van der Waals surface area (Å²) in [5, 5.41) is 0.272. The van der Waals surface area contributed by atoms with Crippen molar-refractivity contribution in [1.29, 1.82) is 0 Å². The topological polar surface area (TPSA) is 42.4 Å². The molecule has 98 valence electrons. The molecule has 2 atom stereocenters. The summed E-state index contributed by atoms with van der Waals surface area (Å²) in [6.07, 6.45) is 0.972. The number of nitrogens with zero attached hydrogens (tertiary/aromatic N) is 1. The first kappa shape index (κ1) is 14.6. The molecule has 0 spiro atoms. The molecule has 0 fully saturated rings. The van der Waals surface area contributed by atoms with Crippen LogP contribution in [0, 0.1) is 6.92 Å². The summed E-state index contributed by atoms with van der Waals surface area (Å²) in [6.45, 7) is 5.17. The van der Waals surface area contributed by atoms with Crippen molar-refractivity contribution >= 4 is 11.8 Å². The minimum atomic E-state index is 0.160. The zero-order chi connectivity index (χ0) is 12.8. The lowest BCUT2D eigenvalue weighted by Gasteiger charge is -2.21. The number of furan rings is 1. The predicted octanol–water partition coefficient (Wildman–Crippen LogP) is 2.66. The van der Waals surface area contributed by atoms with E-state index in [0.29, 0.717) is 0 Å². The summed E-state index contributed by atoms with van der Waals surface area (Å²) in [7, 11) is 4.18. The highest BCUT2D eigenvalue weighted by Gasteiger charge is 2.21. The average molecular weight is 256 g/mol. The van der Waals surface area contributed by atoms with E-state index >= 15 is 0 Å². The second-order valence-corrected chi connectivity index (χ2v) is 5.86. The van der Waals surface area contributed by atoms with Crippen LogP contribution in [0.15, 0.2) is 16.5 Å². The van der Waals surface area contributed by atoms with Crippen molar-refractivity contribution in [2.75, 3.05) is 26.4 Å². The van der Waals surface area contributed by atoms with Crippen LogP contribution in [0.5, 0.6) is 0 Å². The number of nitrogens with two attached hydrogens (primary N) is 1. The molecule has 0 aliphatic rings. The Balaban J connectivity index is 2.61. The summed E-state index contributed by atoms with van der Waals surface area (Å²) in [4.78, 5) is 2.19. The summed E-state index contributed by atoms with van der Waals surface area (Å²) in [5.74, 6) is 3.05. The highest BCUT2D eigenvalue weighted by Crippen LogP contribution is 2.33. The molecule has 0 aliphatic carbocycles. The Kier molecular flexibility index (Phi) is 6.09. The van der Waals surface area contributed by atoms with E-state index in [1.165, 1.54) is 0 Å². The number of rotatable bonds is 7. The molecule has 1 aromatic heterocycles. The quantitative estimate of drug-likeness (QED) is 0.814. The molecule has 0 aromatic carbocycles. The molecular weight excluding hydrogens is 232 g/mol. The fourth-order valence-corrected chi connectivity index (χ4v) is 3.05. The molecule has 0 amide bonds. The van der Waals surface area contributed by atoms with Gasteiger partial charge in [0.05, 0.1) is 5.25 Å². The van der Waals surface area contributed by atoms with E-state index < -0.39 is 0 Å². The third-order valence-electron chi connectivity index (χ3n) is 2.74. The molecule has 0 bridgehead atoms. The van der Waals surface area contributed by atoms with Crippen LogP contribution in [0.1, 0.15) is 30.1 Å². The predicted molar refractivity (Wildman–Crippen MR) is 75.5 cm³/mol. The lowest BCUT2D eigenvalue weighted by atomic mass is 10.1. The standard InChI is InChI=1S/C13H24N2OS/c1-5-11(14)13(17-9-8-15(3)4)12-7-6-10(2)16-12/h6-7,11,13H,5,8-9,14H2,1-4H3. The number of hydrogen-bond donors (Lipinski definition) is 1. The Labute approximate surface area is 109 Å². The van der Waals surface area contributed by atoms with Gasteiger partial charge in [0.25, 0.3) is 0 Å². The lowest BCUT2D eigenvalue weighted by Crippen LogP contribution is -2.26. The van der Waals surface area contributed by atoms with E-state index in [9.17, 15) is 0 Å². The van der Waals surface area contributed by atoms with Crippen molar-refractivity contribution in [3.63, 3.8) is 0 Å². The largest absolute Gasteiger partial charge is 0.465 e. The summed E-state index contributed by atoms with van der Waals surface area (Å²) in [6, 6.07) is 4.22. The van der Waals surface area contributed by atoms with Crippen molar-refractivity contribution in [3.8, 4) is 0 Å². The van der Waals surface area contributed by atoms with Gasteiger partial charge in [-0.3, -0.25) is 0 Å². The van der Waals surface area contributed by atoms with Gasteiger partial charge in [-0.25, -0.2) is 0 Å². The summed E-state index contributed by atoms with van der Waals surface area (Å²) >= 11 is 1.89. The van der Waals surface area contributed by atoms with E-state index in [4.69, 9.17) is 10.2 Å². The maximum atomic E-state index is 6.18. The Hall–Kier alpha value is -0.450. The highest BCUT2D eigenvalue weighted by atomic mass is 32.2. The van der Waals surface area contributed by atoms with Crippen LogP contribution in [-0.2, 0) is 0 Å². The molecule has 2 unspecified atom stereocenters. The fourth-order valence-electron chi connectivity index (χ4n) is 1.60. The van der Waals surface area contributed by atoms with Crippen LogP contribution >= 0.6 is 11.8 Å². The third-order valence-corrected chi connectivity index (χ3v) is 4.10. The van der Waals surface area contributed by atoms with Crippen LogP contribution in [-0.4, -0.2) is 37.3 Å². The van der Waals surface area contributed by atoms with Gasteiger partial charge in [0.1, 0.15) is 11.5 Å². The molecule has 3 nitrogen and oxygen atoms in total. The van der Waals surface area contributed by atoms with Gasteiger partial charge in [-0.2, -0.15) is 0 Å². The molecule has 0 radical (unpaired) electrons. The van der Waals surface area contributed by atoms with E-state index in [1.807, 2.05) is 24.8 Å². The third kappa shape index (κ3) is 4.74. The Morgan fingerprint density at radius 3 is 2.59 bits per heavy atom. The molecule has 1 heterocycles. The zero-order valence-corrected chi connectivity index (χ0v) is 12.1. The number of thioether (sulfide) groups is 1. The fraction of sp³-hybridized carbons (Fsp3) is 0.692. The molecule has 0 aliphatic heterocycles. The minimum Gasteiger partial charge on any atom is -0.465 e. The smallest absolute Gasteiger partial charge is 0.118 e. The van der Waals surface area contributed by atoms with Gasteiger partial charge >= 0.3 is 0 Å². The molecule has 17 heavy (non-hydrogen) atoms. The van der Waals surface area contributed by atoms with E-state index in [-0.39, 0.29) is 11.3 Å². The molecule has 2 N–H and O–H groups in total. The maximum Gasteiger partial charge on any atom is 0.118 e. The second-order valence-electron chi connectivity index (χ2n) is 4.62. The zero-order valence-electron chi connectivity index (χ0n) is 11.3. The van der Waals surface area contributed by atoms with Crippen molar-refractivity contribution in [2.24, 2.45) is 5.73 Å². The first-order valence-corrected chi connectivity index (χ1v) is 7.17. The Bertz CT molecular complexity index is 325. The van der Waals surface area contributed by atoms with E-state index in [2.05, 4.69) is 32.0 Å². The Morgan fingerprint density at radius 2 is 2.12 bits per heavy atom. The van der Waals surface area contributed by atoms with Gasteiger partial charge in [0.2, 0.25) is 0 Å². The van der Waals surface area contributed by atoms with Crippen LogP contribution in [0.2, 0.25) is 0 Å². The van der Waals surface area contributed by atoms with Crippen molar-refractivity contribution in [1.82, 2.24) is 4.90 Å². The van der Waals surface area contributed by atoms with E-state index in [1.54, 1.807) is 0 Å². The van der Waals surface area contributed by atoms with Crippen LogP contribution < -0.4 is 5.73 Å². The van der Waals surface area contributed by atoms with Gasteiger partial charge in [0, 0.05) is 18.3 Å². The van der Waals surface area contributed by atoms with Gasteiger partial charge in [-0.1, -0.05) is 6.92 Å².